The standard InChI is InChI=1S/C19H30ClN3O.ClH/c1-3-19(4-2,16-6-8-17(20)9-7-16)18(24)22-10-5-13-23-14-11-21-12-15-23;/h6-9,21H,3-5,10-15H2,1-2H3,(H,22,24);1H. The minimum Gasteiger partial charge on any atom is -0.355 e. The highest BCUT2D eigenvalue weighted by atomic mass is 35.5. The van der Waals surface area contributed by atoms with Gasteiger partial charge in [-0.05, 0) is 43.5 Å². The number of hydrogen-bond donors (Lipinski definition) is 2. The predicted molar refractivity (Wildman–Crippen MR) is 108 cm³/mol. The number of carbonyl (C=O) groups is 1. The summed E-state index contributed by atoms with van der Waals surface area (Å²) in [4.78, 5) is 15.3. The molecule has 0 bridgehead atoms. The van der Waals surface area contributed by atoms with Crippen molar-refractivity contribution in [2.75, 3.05) is 39.3 Å². The molecular formula is C19H31Cl2N3O. The molecule has 0 aliphatic carbocycles. The smallest absolute Gasteiger partial charge is 0.230 e. The van der Waals surface area contributed by atoms with Crippen LogP contribution in [-0.4, -0.2) is 50.1 Å². The summed E-state index contributed by atoms with van der Waals surface area (Å²) in [6, 6.07) is 7.70. The lowest BCUT2D eigenvalue weighted by Gasteiger charge is -2.31. The number of nitrogens with one attached hydrogen (secondary N) is 2. The Balaban J connectivity index is 0.00000312. The van der Waals surface area contributed by atoms with Crippen LogP contribution in [0.25, 0.3) is 0 Å². The summed E-state index contributed by atoms with van der Waals surface area (Å²) in [6.07, 6.45) is 2.57. The summed E-state index contributed by atoms with van der Waals surface area (Å²) in [5.74, 6) is 0.134. The minimum atomic E-state index is -0.459. The first-order valence-corrected chi connectivity index (χ1v) is 9.47. The molecule has 0 unspecified atom stereocenters. The fourth-order valence-corrected chi connectivity index (χ4v) is 3.61. The third-order valence-corrected chi connectivity index (χ3v) is 5.44. The summed E-state index contributed by atoms with van der Waals surface area (Å²) >= 11 is 5.99. The SMILES string of the molecule is CCC(CC)(C(=O)NCCCN1CCNCC1)c1ccc(Cl)cc1.Cl. The van der Waals surface area contributed by atoms with Gasteiger partial charge < -0.3 is 15.5 Å². The third kappa shape index (κ3) is 5.85. The van der Waals surface area contributed by atoms with Crippen LogP contribution in [-0.2, 0) is 10.2 Å². The molecule has 2 rings (SSSR count). The first-order valence-electron chi connectivity index (χ1n) is 9.10. The molecule has 1 aromatic rings. The zero-order valence-corrected chi connectivity index (χ0v) is 16.9. The summed E-state index contributed by atoms with van der Waals surface area (Å²) in [5, 5.41) is 7.23. The van der Waals surface area contributed by atoms with Crippen LogP contribution in [0.4, 0.5) is 0 Å². The van der Waals surface area contributed by atoms with Gasteiger partial charge in [-0.15, -0.1) is 12.4 Å². The van der Waals surface area contributed by atoms with Crippen LogP contribution in [0, 0.1) is 0 Å². The molecule has 0 saturated carbocycles. The van der Waals surface area contributed by atoms with E-state index < -0.39 is 5.41 Å². The molecule has 1 saturated heterocycles. The van der Waals surface area contributed by atoms with Crippen molar-refractivity contribution >= 4 is 29.9 Å². The largest absolute Gasteiger partial charge is 0.355 e. The number of hydrogen-bond acceptors (Lipinski definition) is 3. The number of rotatable bonds is 8. The van der Waals surface area contributed by atoms with Crippen LogP contribution in [0.1, 0.15) is 38.7 Å². The quantitative estimate of drug-likeness (QED) is 0.672. The van der Waals surface area contributed by atoms with Crippen LogP contribution in [0.5, 0.6) is 0 Å². The van der Waals surface area contributed by atoms with Crippen LogP contribution < -0.4 is 10.6 Å². The summed E-state index contributed by atoms with van der Waals surface area (Å²) in [5.41, 5.74) is 0.594. The van der Waals surface area contributed by atoms with E-state index in [-0.39, 0.29) is 18.3 Å². The van der Waals surface area contributed by atoms with Crippen molar-refractivity contribution < 1.29 is 4.79 Å². The fourth-order valence-electron chi connectivity index (χ4n) is 3.49. The number of benzene rings is 1. The van der Waals surface area contributed by atoms with E-state index in [4.69, 9.17) is 11.6 Å². The van der Waals surface area contributed by atoms with Gasteiger partial charge in [-0.3, -0.25) is 4.79 Å². The van der Waals surface area contributed by atoms with E-state index in [2.05, 4.69) is 29.4 Å². The molecule has 1 aliphatic heterocycles. The second kappa shape index (κ2) is 11.0. The Morgan fingerprint density at radius 1 is 1.20 bits per heavy atom. The van der Waals surface area contributed by atoms with E-state index in [1.54, 1.807) is 0 Å². The van der Waals surface area contributed by atoms with Gasteiger partial charge in [-0.1, -0.05) is 37.6 Å². The topological polar surface area (TPSA) is 44.4 Å². The number of amides is 1. The second-order valence-corrected chi connectivity index (χ2v) is 6.93. The van der Waals surface area contributed by atoms with Gasteiger partial charge in [-0.2, -0.15) is 0 Å². The minimum absolute atomic E-state index is 0. The average molecular weight is 388 g/mol. The second-order valence-electron chi connectivity index (χ2n) is 6.50. The molecule has 1 aliphatic rings. The summed E-state index contributed by atoms with van der Waals surface area (Å²) in [7, 11) is 0. The molecule has 25 heavy (non-hydrogen) atoms. The van der Waals surface area contributed by atoms with E-state index >= 15 is 0 Å². The van der Waals surface area contributed by atoms with Gasteiger partial charge >= 0.3 is 0 Å². The summed E-state index contributed by atoms with van der Waals surface area (Å²) < 4.78 is 0. The number of carbonyl (C=O) groups excluding carboxylic acids is 1. The Labute approximate surface area is 163 Å². The van der Waals surface area contributed by atoms with Gasteiger partial charge in [0.2, 0.25) is 5.91 Å². The molecule has 1 fully saturated rings. The molecule has 0 spiro atoms. The van der Waals surface area contributed by atoms with Gasteiger partial charge in [0.25, 0.3) is 0 Å². The van der Waals surface area contributed by atoms with Crippen molar-refractivity contribution in [3.05, 3.63) is 34.9 Å². The monoisotopic (exact) mass is 387 g/mol. The van der Waals surface area contributed by atoms with Gasteiger partial charge in [0.1, 0.15) is 0 Å². The molecule has 1 heterocycles. The molecule has 0 aromatic heterocycles. The van der Waals surface area contributed by atoms with E-state index in [9.17, 15) is 4.79 Å². The summed E-state index contributed by atoms with van der Waals surface area (Å²) in [6.45, 7) is 10.3. The maximum Gasteiger partial charge on any atom is 0.230 e. The lowest BCUT2D eigenvalue weighted by molar-refractivity contribution is -0.127. The molecule has 1 amide bonds. The molecule has 0 radical (unpaired) electrons. The lowest BCUT2D eigenvalue weighted by Crippen LogP contribution is -2.46. The molecule has 4 nitrogen and oxygen atoms in total. The Morgan fingerprint density at radius 3 is 2.36 bits per heavy atom. The number of nitrogens with zero attached hydrogens (tertiary/aromatic N) is 1. The van der Waals surface area contributed by atoms with E-state index in [1.807, 2.05) is 24.3 Å². The molecule has 0 atom stereocenters. The van der Waals surface area contributed by atoms with Crippen LogP contribution in [0.2, 0.25) is 5.02 Å². The zero-order valence-electron chi connectivity index (χ0n) is 15.3. The highest BCUT2D eigenvalue weighted by molar-refractivity contribution is 6.30. The maximum atomic E-state index is 12.9. The van der Waals surface area contributed by atoms with Crippen molar-refractivity contribution in [1.29, 1.82) is 0 Å². The highest BCUT2D eigenvalue weighted by Crippen LogP contribution is 2.32. The Hall–Kier alpha value is -0.810. The Morgan fingerprint density at radius 2 is 1.80 bits per heavy atom. The first-order chi connectivity index (χ1) is 11.6. The Kier molecular flexibility index (Phi) is 9.80. The van der Waals surface area contributed by atoms with Crippen molar-refractivity contribution in [2.24, 2.45) is 0 Å². The van der Waals surface area contributed by atoms with Gasteiger partial charge in [0, 0.05) is 37.7 Å². The molecule has 2 N–H and O–H groups in total. The van der Waals surface area contributed by atoms with Gasteiger partial charge in [-0.25, -0.2) is 0 Å². The average Bonchev–Trinajstić information content (AvgIpc) is 2.62. The first kappa shape index (κ1) is 22.2. The van der Waals surface area contributed by atoms with E-state index in [1.165, 1.54) is 0 Å². The van der Waals surface area contributed by atoms with Crippen LogP contribution >= 0.6 is 24.0 Å². The predicted octanol–water partition coefficient (Wildman–Crippen LogP) is 3.23. The number of piperazine rings is 1. The van der Waals surface area contributed by atoms with Gasteiger partial charge in [0.05, 0.1) is 5.41 Å². The zero-order chi connectivity index (χ0) is 17.4. The fraction of sp³-hybridized carbons (Fsp3) is 0.632. The normalized spacial score (nSPS) is 15.5. The molecular weight excluding hydrogens is 357 g/mol. The Bertz CT molecular complexity index is 512. The molecule has 6 heteroatoms. The van der Waals surface area contributed by atoms with E-state index in [0.29, 0.717) is 5.02 Å². The van der Waals surface area contributed by atoms with Crippen LogP contribution in [0.15, 0.2) is 24.3 Å². The maximum absolute atomic E-state index is 12.9. The van der Waals surface area contributed by atoms with Crippen molar-refractivity contribution in [2.45, 2.75) is 38.5 Å². The van der Waals surface area contributed by atoms with Crippen molar-refractivity contribution in [3.8, 4) is 0 Å². The third-order valence-electron chi connectivity index (χ3n) is 5.18. The highest BCUT2D eigenvalue weighted by Gasteiger charge is 2.36. The number of halogens is 2. The molecule has 1 aromatic carbocycles. The van der Waals surface area contributed by atoms with Crippen molar-refractivity contribution in [3.63, 3.8) is 0 Å². The lowest BCUT2D eigenvalue weighted by atomic mass is 9.75. The molecule has 142 valence electrons. The van der Waals surface area contributed by atoms with Crippen LogP contribution in [0.3, 0.4) is 0 Å². The van der Waals surface area contributed by atoms with Gasteiger partial charge in [0.15, 0.2) is 0 Å². The van der Waals surface area contributed by atoms with Crippen molar-refractivity contribution in [1.82, 2.24) is 15.5 Å². The van der Waals surface area contributed by atoms with E-state index in [0.717, 1.165) is 64.1 Å².